The highest BCUT2D eigenvalue weighted by molar-refractivity contribution is 6.03. The molecule has 6 aromatic rings. The standard InChI is InChI=1S/C42H30O13.C6H6O/c1-4-50-34-19-21-36(39(45)46)37(25-34)40(47)54-31-14-10-28(11-15-31)42(2,41(48)49-3)29-12-16-32(17-13-29)55-53-26-27-24-33(18-20-35(27)38(43)44)52-23-22-51-30-8-6-5-7-9-30;7-6-4-2-1-3-5-6/h1,5-21,24-25H,26H2,2-3H3,(H,43,44)(H,45,46);1-5,7H. The molecule has 0 radical (unpaired) electrons. The average Bonchev–Trinajstić information content (AvgIpc) is 3.28. The number of aromatic carboxylic acids is 2. The summed E-state index contributed by atoms with van der Waals surface area (Å²) >= 11 is 0. The fourth-order valence-electron chi connectivity index (χ4n) is 5.68. The summed E-state index contributed by atoms with van der Waals surface area (Å²) in [5.74, 6) is -2.63. The Labute approximate surface area is 355 Å². The van der Waals surface area contributed by atoms with E-state index in [1.54, 1.807) is 91.9 Å². The number of esters is 2. The van der Waals surface area contributed by atoms with Gasteiger partial charge in [-0.15, -0.1) is 0 Å². The predicted molar refractivity (Wildman–Crippen MR) is 222 cm³/mol. The van der Waals surface area contributed by atoms with Crippen LogP contribution in [0.5, 0.6) is 34.5 Å². The lowest BCUT2D eigenvalue weighted by atomic mass is 9.76. The van der Waals surface area contributed by atoms with Crippen LogP contribution in [0.15, 0.2) is 146 Å². The van der Waals surface area contributed by atoms with Crippen LogP contribution in [0.25, 0.3) is 0 Å². The Kier molecular flexibility index (Phi) is 15.3. The van der Waals surface area contributed by atoms with Gasteiger partial charge in [0.15, 0.2) is 18.0 Å². The van der Waals surface area contributed by atoms with Crippen LogP contribution in [0, 0.1) is 24.7 Å². The second-order valence-corrected chi connectivity index (χ2v) is 12.8. The summed E-state index contributed by atoms with van der Waals surface area (Å²) in [6.45, 7) is 1.37. The number of carbonyl (C=O) groups is 4. The number of benzene rings is 6. The van der Waals surface area contributed by atoms with E-state index in [0.717, 1.165) is 6.07 Å². The van der Waals surface area contributed by atoms with Gasteiger partial charge in [0.2, 0.25) is 0 Å². The first kappa shape index (κ1) is 44.4. The number of carbonyl (C=O) groups excluding carboxylic acids is 2. The molecule has 0 amide bonds. The molecule has 1 atom stereocenters. The number of carboxylic acid groups (broad SMARTS) is 2. The topological polar surface area (TPSA) is 194 Å². The summed E-state index contributed by atoms with van der Waals surface area (Å²) in [5, 5.41) is 27.8. The quantitative estimate of drug-likeness (QED) is 0.0314. The Morgan fingerprint density at radius 2 is 1.11 bits per heavy atom. The summed E-state index contributed by atoms with van der Waals surface area (Å²) in [7, 11) is 1.25. The number of methoxy groups -OCH3 is 1. The Morgan fingerprint density at radius 3 is 1.65 bits per heavy atom. The van der Waals surface area contributed by atoms with Crippen molar-refractivity contribution in [2.45, 2.75) is 18.9 Å². The molecule has 1 unspecified atom stereocenters. The van der Waals surface area contributed by atoms with Gasteiger partial charge in [-0.25, -0.2) is 14.4 Å². The van der Waals surface area contributed by atoms with E-state index in [2.05, 4.69) is 12.2 Å². The van der Waals surface area contributed by atoms with Crippen molar-refractivity contribution in [3.05, 3.63) is 179 Å². The number of hydrogen-bond donors (Lipinski definition) is 3. The van der Waals surface area contributed by atoms with Crippen LogP contribution in [0.3, 0.4) is 0 Å². The molecular weight excluding hydrogens is 801 g/mol. The smallest absolute Gasteiger partial charge is 0.344 e. The van der Waals surface area contributed by atoms with Crippen molar-refractivity contribution in [1.82, 2.24) is 0 Å². The normalized spacial score (nSPS) is 11.0. The highest BCUT2D eigenvalue weighted by atomic mass is 17.2. The van der Waals surface area contributed by atoms with Crippen LogP contribution in [0.4, 0.5) is 0 Å². The summed E-state index contributed by atoms with van der Waals surface area (Å²) in [6.07, 6.45) is 11.9. The number of aromatic hydroxyl groups is 1. The van der Waals surface area contributed by atoms with Crippen LogP contribution < -0.4 is 23.8 Å². The van der Waals surface area contributed by atoms with Crippen LogP contribution in [-0.4, -0.2) is 46.3 Å². The molecule has 14 nitrogen and oxygen atoms in total. The first-order valence-electron chi connectivity index (χ1n) is 18.2. The first-order chi connectivity index (χ1) is 29.9. The molecule has 0 saturated heterocycles. The highest BCUT2D eigenvalue weighted by Gasteiger charge is 2.38. The first-order valence-corrected chi connectivity index (χ1v) is 18.2. The fourth-order valence-corrected chi connectivity index (χ4v) is 5.68. The highest BCUT2D eigenvalue weighted by Crippen LogP contribution is 2.36. The van der Waals surface area contributed by atoms with Crippen molar-refractivity contribution in [2.75, 3.05) is 7.11 Å². The number of para-hydroxylation sites is 2. The van der Waals surface area contributed by atoms with Gasteiger partial charge in [-0.2, -0.15) is 4.89 Å². The van der Waals surface area contributed by atoms with Crippen LogP contribution >= 0.6 is 0 Å². The molecule has 62 heavy (non-hydrogen) atoms. The maximum Gasteiger partial charge on any atom is 0.344 e. The third-order valence-electron chi connectivity index (χ3n) is 8.84. The Balaban J connectivity index is 0.000000941. The number of phenolic OH excluding ortho intramolecular Hbond substituents is 1. The zero-order chi connectivity index (χ0) is 44.5. The molecule has 0 spiro atoms. The molecule has 6 rings (SSSR count). The Bertz CT molecular complexity index is 2610. The van der Waals surface area contributed by atoms with Gasteiger partial charge in [-0.3, -0.25) is 4.79 Å². The average molecular weight is 837 g/mol. The van der Waals surface area contributed by atoms with Crippen molar-refractivity contribution in [1.29, 1.82) is 0 Å². The predicted octanol–water partition coefficient (Wildman–Crippen LogP) is 8.03. The maximum atomic E-state index is 13.2. The molecule has 0 aromatic heterocycles. The van der Waals surface area contributed by atoms with E-state index in [0.29, 0.717) is 22.6 Å². The fraction of sp³-hybridized carbons (Fsp3) is 0.0833. The Hall–Kier alpha value is -8.72. The largest absolute Gasteiger partial charge is 0.508 e. The lowest BCUT2D eigenvalue weighted by Crippen LogP contribution is -2.35. The van der Waals surface area contributed by atoms with Gasteiger partial charge in [-0.1, -0.05) is 67.1 Å². The molecule has 14 heteroatoms. The monoisotopic (exact) mass is 836 g/mol. The third-order valence-corrected chi connectivity index (χ3v) is 8.84. The van der Waals surface area contributed by atoms with E-state index < -0.39 is 29.3 Å². The van der Waals surface area contributed by atoms with Gasteiger partial charge in [0.1, 0.15) is 46.9 Å². The molecule has 0 aliphatic heterocycles. The maximum absolute atomic E-state index is 13.2. The van der Waals surface area contributed by atoms with Crippen LogP contribution in [0.2, 0.25) is 0 Å². The molecule has 0 aliphatic carbocycles. The minimum Gasteiger partial charge on any atom is -0.508 e. The van der Waals surface area contributed by atoms with E-state index in [1.807, 2.05) is 18.2 Å². The van der Waals surface area contributed by atoms with E-state index in [-0.39, 0.29) is 51.9 Å². The number of terminal acetylenes is 1. The van der Waals surface area contributed by atoms with Gasteiger partial charge >= 0.3 is 23.9 Å². The molecule has 3 N–H and O–H groups in total. The number of phenols is 1. The summed E-state index contributed by atoms with van der Waals surface area (Å²) in [6, 6.07) is 37.8. The van der Waals surface area contributed by atoms with Crippen molar-refractivity contribution in [2.24, 2.45) is 0 Å². The zero-order valence-electron chi connectivity index (χ0n) is 33.0. The molecule has 0 fully saturated rings. The van der Waals surface area contributed by atoms with E-state index in [1.165, 1.54) is 49.6 Å². The summed E-state index contributed by atoms with van der Waals surface area (Å²) < 4.78 is 26.2. The molecule has 0 aliphatic rings. The SMILES string of the molecule is C#COc1ccc(C(=O)O)c(C(=O)Oc2ccc(C(C)(C(=O)OC)c3ccc(OOCc4cc(OC#COc5ccccc5)ccc4C(=O)O)cc3)cc2)c1.Oc1ccccc1. The number of rotatable bonds is 14. The van der Waals surface area contributed by atoms with Gasteiger partial charge in [0.25, 0.3) is 0 Å². The van der Waals surface area contributed by atoms with E-state index in [4.69, 9.17) is 45.0 Å². The lowest BCUT2D eigenvalue weighted by Gasteiger charge is -2.28. The molecule has 6 aromatic carbocycles. The minimum atomic E-state index is -1.35. The van der Waals surface area contributed by atoms with Crippen molar-refractivity contribution in [3.63, 3.8) is 0 Å². The lowest BCUT2D eigenvalue weighted by molar-refractivity contribution is -0.217. The van der Waals surface area contributed by atoms with Gasteiger partial charge in [0, 0.05) is 5.56 Å². The molecular formula is C48H36O14. The van der Waals surface area contributed by atoms with Crippen molar-refractivity contribution >= 4 is 23.9 Å². The second-order valence-electron chi connectivity index (χ2n) is 12.8. The summed E-state index contributed by atoms with van der Waals surface area (Å²) in [4.78, 5) is 60.5. The molecule has 0 saturated carbocycles. The second kappa shape index (κ2) is 21.3. The van der Waals surface area contributed by atoms with E-state index >= 15 is 0 Å². The van der Waals surface area contributed by atoms with Crippen molar-refractivity contribution < 1.29 is 68.0 Å². The number of hydrogen-bond acceptors (Lipinski definition) is 12. The van der Waals surface area contributed by atoms with Gasteiger partial charge < -0.3 is 43.9 Å². The van der Waals surface area contributed by atoms with Gasteiger partial charge in [-0.05, 0) is 103 Å². The summed E-state index contributed by atoms with van der Waals surface area (Å²) in [5.41, 5.74) is -0.766. The number of carboxylic acids is 2. The minimum absolute atomic E-state index is 0.0386. The zero-order valence-corrected chi connectivity index (χ0v) is 33.0. The van der Waals surface area contributed by atoms with Gasteiger partial charge in [0.05, 0.1) is 23.8 Å². The molecule has 0 heterocycles. The molecule has 0 bridgehead atoms. The van der Waals surface area contributed by atoms with Crippen molar-refractivity contribution in [3.8, 4) is 59.2 Å². The van der Waals surface area contributed by atoms with Crippen LogP contribution in [-0.2, 0) is 26.4 Å². The van der Waals surface area contributed by atoms with Crippen LogP contribution in [0.1, 0.15) is 54.7 Å². The van der Waals surface area contributed by atoms with E-state index in [9.17, 15) is 29.4 Å². The molecule has 312 valence electrons. The third kappa shape index (κ3) is 11.7. The number of ether oxygens (including phenoxy) is 5. The Morgan fingerprint density at radius 1 is 0.597 bits per heavy atom.